The van der Waals surface area contributed by atoms with Gasteiger partial charge in [-0.3, -0.25) is 14.4 Å². The van der Waals surface area contributed by atoms with Crippen LogP contribution in [0.4, 0.5) is 0 Å². The van der Waals surface area contributed by atoms with E-state index >= 15 is 0 Å². The van der Waals surface area contributed by atoms with Crippen LogP contribution in [0.2, 0.25) is 0 Å². The fourth-order valence-corrected chi connectivity index (χ4v) is 1.76. The Labute approximate surface area is 127 Å². The smallest absolute Gasteiger partial charge is 0.328 e. The van der Waals surface area contributed by atoms with Crippen molar-refractivity contribution in [2.75, 3.05) is 7.11 Å². The highest BCUT2D eigenvalue weighted by molar-refractivity contribution is 5.99. The average Bonchev–Trinajstić information content (AvgIpc) is 2.45. The van der Waals surface area contributed by atoms with Gasteiger partial charge in [0.25, 0.3) is 0 Å². The van der Waals surface area contributed by atoms with Crippen LogP contribution in [-0.2, 0) is 19.1 Å². The summed E-state index contributed by atoms with van der Waals surface area (Å²) in [5.41, 5.74) is 0.329. The van der Waals surface area contributed by atoms with Crippen molar-refractivity contribution in [3.8, 4) is 5.75 Å². The highest BCUT2D eigenvalue weighted by atomic mass is 16.5. The quantitative estimate of drug-likeness (QED) is 0.475. The molecular weight excluding hydrogens is 290 g/mol. The predicted molar refractivity (Wildman–Crippen MR) is 76.3 cm³/mol. The monoisotopic (exact) mass is 307 g/mol. The van der Waals surface area contributed by atoms with Crippen molar-refractivity contribution in [2.24, 2.45) is 0 Å². The van der Waals surface area contributed by atoms with Gasteiger partial charge in [-0.1, -0.05) is 0 Å². The van der Waals surface area contributed by atoms with Crippen LogP contribution in [0, 0.1) is 0 Å². The molecule has 0 saturated heterocycles. The molecule has 0 bridgehead atoms. The Morgan fingerprint density at radius 2 is 1.68 bits per heavy atom. The van der Waals surface area contributed by atoms with Crippen LogP contribution in [0.15, 0.2) is 24.3 Å². The second kappa shape index (κ2) is 7.92. The van der Waals surface area contributed by atoms with E-state index in [-0.39, 0.29) is 12.2 Å². The minimum Gasteiger partial charge on any atom is -0.467 e. The second-order valence-corrected chi connectivity index (χ2v) is 4.52. The first-order chi connectivity index (χ1) is 10.3. The lowest BCUT2D eigenvalue weighted by atomic mass is 10.0. The molecule has 118 valence electrons. The fourth-order valence-electron chi connectivity index (χ4n) is 1.76. The minimum absolute atomic E-state index is 0.223. The Morgan fingerprint density at radius 3 is 2.14 bits per heavy atom. The summed E-state index contributed by atoms with van der Waals surface area (Å²) in [5.74, 6) is -1.63. The number of ketones is 1. The highest BCUT2D eigenvalue weighted by Gasteiger charge is 2.24. The molecule has 0 spiro atoms. The topological polar surface area (TPSA) is 98.8 Å². The molecule has 7 nitrogen and oxygen atoms in total. The van der Waals surface area contributed by atoms with Crippen molar-refractivity contribution in [2.45, 2.75) is 26.3 Å². The Kier molecular flexibility index (Phi) is 6.25. The number of ether oxygens (including phenoxy) is 2. The van der Waals surface area contributed by atoms with E-state index in [0.29, 0.717) is 11.3 Å². The molecule has 0 aromatic heterocycles. The molecule has 1 N–H and O–H groups in total. The Morgan fingerprint density at radius 1 is 1.09 bits per heavy atom. The summed E-state index contributed by atoms with van der Waals surface area (Å²) in [5, 5.41) is 2.37. The van der Waals surface area contributed by atoms with Crippen LogP contribution in [0.3, 0.4) is 0 Å². The number of carbonyl (C=O) groups excluding carboxylic acids is 4. The average molecular weight is 307 g/mol. The number of carbonyl (C=O) groups is 4. The molecule has 0 aliphatic rings. The summed E-state index contributed by atoms with van der Waals surface area (Å²) < 4.78 is 9.41. The minimum atomic E-state index is -1.04. The van der Waals surface area contributed by atoms with Crippen LogP contribution in [0.25, 0.3) is 0 Å². The molecule has 0 radical (unpaired) electrons. The van der Waals surface area contributed by atoms with E-state index in [1.54, 1.807) is 0 Å². The Bertz CT molecular complexity index is 578. The van der Waals surface area contributed by atoms with Gasteiger partial charge in [0.15, 0.2) is 5.78 Å². The van der Waals surface area contributed by atoms with Gasteiger partial charge in [-0.15, -0.1) is 0 Å². The van der Waals surface area contributed by atoms with E-state index < -0.39 is 23.9 Å². The largest absolute Gasteiger partial charge is 0.467 e. The summed E-state index contributed by atoms with van der Waals surface area (Å²) in [6.07, 6.45) is -0.223. The third kappa shape index (κ3) is 5.35. The van der Waals surface area contributed by atoms with Crippen LogP contribution in [0.1, 0.15) is 30.6 Å². The molecule has 0 saturated carbocycles. The SMILES string of the molecule is COC(=O)C(CC(=O)c1ccc(OC(C)=O)cc1)NC(C)=O. The maximum atomic E-state index is 12.1. The number of Topliss-reactive ketones (excluding diaryl/α,β-unsaturated/α-hetero) is 1. The van der Waals surface area contributed by atoms with Gasteiger partial charge < -0.3 is 14.8 Å². The molecular formula is C15H17NO6. The number of amides is 1. The second-order valence-electron chi connectivity index (χ2n) is 4.52. The van der Waals surface area contributed by atoms with Crippen LogP contribution >= 0.6 is 0 Å². The van der Waals surface area contributed by atoms with Gasteiger partial charge in [-0.05, 0) is 24.3 Å². The van der Waals surface area contributed by atoms with Gasteiger partial charge in [0.05, 0.1) is 7.11 Å². The molecule has 0 aliphatic carbocycles. The lowest BCUT2D eigenvalue weighted by molar-refractivity contribution is -0.144. The van der Waals surface area contributed by atoms with E-state index in [1.165, 1.54) is 45.2 Å². The van der Waals surface area contributed by atoms with Crippen LogP contribution in [0.5, 0.6) is 5.75 Å². The summed E-state index contributed by atoms with van der Waals surface area (Å²) in [4.78, 5) is 45.5. The first kappa shape index (κ1) is 17.4. The van der Waals surface area contributed by atoms with E-state index in [9.17, 15) is 19.2 Å². The Balaban J connectivity index is 2.78. The maximum Gasteiger partial charge on any atom is 0.328 e. The summed E-state index contributed by atoms with van der Waals surface area (Å²) in [6.45, 7) is 2.52. The molecule has 1 unspecified atom stereocenters. The zero-order valence-corrected chi connectivity index (χ0v) is 12.5. The molecule has 1 atom stereocenters. The zero-order chi connectivity index (χ0) is 16.7. The number of nitrogens with one attached hydrogen (secondary N) is 1. The van der Waals surface area contributed by atoms with Crippen molar-refractivity contribution in [3.63, 3.8) is 0 Å². The van der Waals surface area contributed by atoms with Gasteiger partial charge in [0, 0.05) is 25.8 Å². The first-order valence-electron chi connectivity index (χ1n) is 6.50. The van der Waals surface area contributed by atoms with Crippen LogP contribution in [-0.4, -0.2) is 36.8 Å². The molecule has 0 fully saturated rings. The van der Waals surface area contributed by atoms with E-state index in [1.807, 2.05) is 0 Å². The standard InChI is InChI=1S/C15H17NO6/c1-9(17)16-13(15(20)21-3)8-14(19)11-4-6-12(7-5-11)22-10(2)18/h4-7,13H,8H2,1-3H3,(H,16,17). The molecule has 1 rings (SSSR count). The normalized spacial score (nSPS) is 11.2. The Hall–Kier alpha value is -2.70. The van der Waals surface area contributed by atoms with Gasteiger partial charge in [-0.2, -0.15) is 0 Å². The van der Waals surface area contributed by atoms with E-state index in [4.69, 9.17) is 4.74 Å². The lowest BCUT2D eigenvalue weighted by Gasteiger charge is -2.14. The molecule has 1 amide bonds. The highest BCUT2D eigenvalue weighted by Crippen LogP contribution is 2.14. The lowest BCUT2D eigenvalue weighted by Crippen LogP contribution is -2.41. The van der Waals surface area contributed by atoms with Crippen molar-refractivity contribution in [1.29, 1.82) is 0 Å². The maximum absolute atomic E-state index is 12.1. The number of hydrogen-bond acceptors (Lipinski definition) is 6. The molecule has 1 aromatic rings. The molecule has 7 heteroatoms. The van der Waals surface area contributed by atoms with Crippen molar-refractivity contribution < 1.29 is 28.7 Å². The molecule has 0 heterocycles. The van der Waals surface area contributed by atoms with Gasteiger partial charge in [0.1, 0.15) is 11.8 Å². The van der Waals surface area contributed by atoms with Crippen LogP contribution < -0.4 is 10.1 Å². The van der Waals surface area contributed by atoms with Crippen molar-refractivity contribution in [1.82, 2.24) is 5.32 Å². The number of rotatable bonds is 6. The van der Waals surface area contributed by atoms with Gasteiger partial charge in [0.2, 0.25) is 5.91 Å². The summed E-state index contributed by atoms with van der Waals surface area (Å²) >= 11 is 0. The van der Waals surface area contributed by atoms with E-state index in [0.717, 1.165) is 0 Å². The van der Waals surface area contributed by atoms with Gasteiger partial charge >= 0.3 is 11.9 Å². The first-order valence-corrected chi connectivity index (χ1v) is 6.50. The summed E-state index contributed by atoms with van der Waals surface area (Å²) in [6, 6.07) is 4.86. The number of methoxy groups -OCH3 is 1. The summed E-state index contributed by atoms with van der Waals surface area (Å²) in [7, 11) is 1.18. The van der Waals surface area contributed by atoms with Gasteiger partial charge in [-0.25, -0.2) is 4.79 Å². The number of benzene rings is 1. The predicted octanol–water partition coefficient (Wildman–Crippen LogP) is 0.862. The zero-order valence-electron chi connectivity index (χ0n) is 12.5. The molecule has 0 aliphatic heterocycles. The van der Waals surface area contributed by atoms with Crippen molar-refractivity contribution in [3.05, 3.63) is 29.8 Å². The molecule has 22 heavy (non-hydrogen) atoms. The third-order valence-electron chi connectivity index (χ3n) is 2.69. The number of esters is 2. The molecule has 1 aromatic carbocycles. The third-order valence-corrected chi connectivity index (χ3v) is 2.69. The van der Waals surface area contributed by atoms with Crippen molar-refractivity contribution >= 4 is 23.6 Å². The van der Waals surface area contributed by atoms with E-state index in [2.05, 4.69) is 10.1 Å². The number of hydrogen-bond donors (Lipinski definition) is 1. The fraction of sp³-hybridized carbons (Fsp3) is 0.333.